The number of esters is 1. The molecule has 1 aromatic carbocycles. The molecule has 0 saturated heterocycles. The lowest BCUT2D eigenvalue weighted by Gasteiger charge is -2.13. The first-order chi connectivity index (χ1) is 9.10. The van der Waals surface area contributed by atoms with Gasteiger partial charge < -0.3 is 10.1 Å². The topological polar surface area (TPSA) is 51.2 Å². The van der Waals surface area contributed by atoms with Gasteiger partial charge in [0.05, 0.1) is 13.2 Å². The monoisotopic (exact) mass is 296 g/mol. The van der Waals surface area contributed by atoms with Crippen LogP contribution in [0.25, 0.3) is 0 Å². The van der Waals surface area contributed by atoms with E-state index in [1.165, 1.54) is 18.4 Å². The molecule has 0 amide bonds. The van der Waals surface area contributed by atoms with Crippen LogP contribution in [0.4, 0.5) is 5.13 Å². The maximum Gasteiger partial charge on any atom is 0.357 e. The number of methoxy groups -OCH3 is 1. The van der Waals surface area contributed by atoms with Crippen LogP contribution in [-0.4, -0.2) is 18.1 Å². The van der Waals surface area contributed by atoms with Gasteiger partial charge in [-0.1, -0.05) is 23.7 Å². The fourth-order valence-electron chi connectivity index (χ4n) is 1.56. The Kier molecular flexibility index (Phi) is 4.39. The molecule has 1 N–H and O–H groups in total. The number of ether oxygens (including phenoxy) is 1. The number of hydrogen-bond acceptors (Lipinski definition) is 5. The van der Waals surface area contributed by atoms with Gasteiger partial charge in [-0.25, -0.2) is 9.78 Å². The van der Waals surface area contributed by atoms with Crippen molar-refractivity contribution in [3.05, 3.63) is 45.9 Å². The minimum Gasteiger partial charge on any atom is -0.464 e. The number of carbonyl (C=O) groups excluding carboxylic acids is 1. The van der Waals surface area contributed by atoms with E-state index in [0.717, 1.165) is 5.56 Å². The zero-order valence-corrected chi connectivity index (χ0v) is 12.1. The van der Waals surface area contributed by atoms with E-state index in [2.05, 4.69) is 15.0 Å². The average Bonchev–Trinajstić information content (AvgIpc) is 2.87. The van der Waals surface area contributed by atoms with Crippen molar-refractivity contribution < 1.29 is 9.53 Å². The standard InChI is InChI=1S/C13H13ClN2O2S/c1-8(9-3-5-10(14)6-4-9)15-13-16-11(7-19-13)12(17)18-2/h3-8H,1-2H3,(H,15,16). The van der Waals surface area contributed by atoms with Gasteiger partial charge >= 0.3 is 5.97 Å². The number of benzene rings is 1. The summed E-state index contributed by atoms with van der Waals surface area (Å²) in [5.74, 6) is -0.427. The third-order valence-corrected chi connectivity index (χ3v) is 3.63. The summed E-state index contributed by atoms with van der Waals surface area (Å²) in [5, 5.41) is 6.29. The third-order valence-electron chi connectivity index (χ3n) is 2.61. The first kappa shape index (κ1) is 13.8. The molecule has 0 bridgehead atoms. The minimum atomic E-state index is -0.427. The summed E-state index contributed by atoms with van der Waals surface area (Å²) in [5.41, 5.74) is 1.41. The Bertz CT molecular complexity index is 568. The van der Waals surface area contributed by atoms with Gasteiger partial charge in [-0.3, -0.25) is 0 Å². The van der Waals surface area contributed by atoms with Crippen LogP contribution in [0.2, 0.25) is 5.02 Å². The molecule has 0 radical (unpaired) electrons. The van der Waals surface area contributed by atoms with Gasteiger partial charge in [0.25, 0.3) is 0 Å². The predicted octanol–water partition coefficient (Wildman–Crippen LogP) is 3.76. The predicted molar refractivity (Wildman–Crippen MR) is 76.9 cm³/mol. The van der Waals surface area contributed by atoms with Crippen LogP contribution in [0.5, 0.6) is 0 Å². The Morgan fingerprint density at radius 2 is 2.11 bits per heavy atom. The average molecular weight is 297 g/mol. The van der Waals surface area contributed by atoms with Crippen molar-refractivity contribution in [2.24, 2.45) is 0 Å². The third kappa shape index (κ3) is 3.45. The molecule has 19 heavy (non-hydrogen) atoms. The largest absolute Gasteiger partial charge is 0.464 e. The summed E-state index contributed by atoms with van der Waals surface area (Å²) in [6.45, 7) is 2.02. The molecule has 0 fully saturated rings. The van der Waals surface area contributed by atoms with Crippen molar-refractivity contribution in [2.75, 3.05) is 12.4 Å². The van der Waals surface area contributed by atoms with E-state index in [1.807, 2.05) is 31.2 Å². The fourth-order valence-corrected chi connectivity index (χ4v) is 2.45. The Morgan fingerprint density at radius 3 is 2.74 bits per heavy atom. The van der Waals surface area contributed by atoms with E-state index in [-0.39, 0.29) is 6.04 Å². The molecule has 0 aliphatic carbocycles. The zero-order valence-electron chi connectivity index (χ0n) is 10.5. The normalized spacial score (nSPS) is 11.9. The summed E-state index contributed by atoms with van der Waals surface area (Å²) in [6, 6.07) is 7.67. The number of rotatable bonds is 4. The molecule has 1 atom stereocenters. The summed E-state index contributed by atoms with van der Waals surface area (Å²) in [7, 11) is 1.34. The molecule has 0 aliphatic rings. The van der Waals surface area contributed by atoms with E-state index in [9.17, 15) is 4.79 Å². The number of thiazole rings is 1. The number of halogens is 1. The molecule has 1 aromatic heterocycles. The van der Waals surface area contributed by atoms with E-state index in [0.29, 0.717) is 15.8 Å². The van der Waals surface area contributed by atoms with Gasteiger partial charge in [-0.15, -0.1) is 11.3 Å². The highest BCUT2D eigenvalue weighted by Gasteiger charge is 2.12. The van der Waals surface area contributed by atoms with E-state index in [1.54, 1.807) is 5.38 Å². The minimum absolute atomic E-state index is 0.0777. The maximum atomic E-state index is 11.3. The Hall–Kier alpha value is -1.59. The number of hydrogen-bond donors (Lipinski definition) is 1. The molecule has 2 aromatic rings. The first-order valence-electron chi connectivity index (χ1n) is 5.66. The summed E-state index contributed by atoms with van der Waals surface area (Å²) >= 11 is 7.22. The van der Waals surface area contributed by atoms with Crippen molar-refractivity contribution in [1.29, 1.82) is 0 Å². The number of nitrogens with one attached hydrogen (secondary N) is 1. The number of nitrogens with zero attached hydrogens (tertiary/aromatic N) is 1. The molecule has 4 nitrogen and oxygen atoms in total. The highest BCUT2D eigenvalue weighted by molar-refractivity contribution is 7.13. The SMILES string of the molecule is COC(=O)c1csc(NC(C)c2ccc(Cl)cc2)n1. The summed E-state index contributed by atoms with van der Waals surface area (Å²) < 4.78 is 4.62. The van der Waals surface area contributed by atoms with Crippen LogP contribution in [0.15, 0.2) is 29.6 Å². The van der Waals surface area contributed by atoms with Crippen LogP contribution in [-0.2, 0) is 4.74 Å². The maximum absolute atomic E-state index is 11.3. The Morgan fingerprint density at radius 1 is 1.42 bits per heavy atom. The Balaban J connectivity index is 2.06. The van der Waals surface area contributed by atoms with Gasteiger partial charge in [-0.2, -0.15) is 0 Å². The van der Waals surface area contributed by atoms with Gasteiger partial charge in [0.15, 0.2) is 10.8 Å². The van der Waals surface area contributed by atoms with Crippen LogP contribution < -0.4 is 5.32 Å². The second-order valence-corrected chi connectivity index (χ2v) is 5.24. The van der Waals surface area contributed by atoms with Crippen LogP contribution in [0.1, 0.15) is 29.0 Å². The highest BCUT2D eigenvalue weighted by atomic mass is 35.5. The zero-order chi connectivity index (χ0) is 13.8. The summed E-state index contributed by atoms with van der Waals surface area (Å²) in [4.78, 5) is 15.5. The van der Waals surface area contributed by atoms with Crippen LogP contribution >= 0.6 is 22.9 Å². The van der Waals surface area contributed by atoms with Crippen molar-refractivity contribution in [3.63, 3.8) is 0 Å². The molecule has 0 spiro atoms. The lowest BCUT2D eigenvalue weighted by molar-refractivity contribution is 0.0595. The van der Waals surface area contributed by atoms with E-state index >= 15 is 0 Å². The van der Waals surface area contributed by atoms with Crippen molar-refractivity contribution in [2.45, 2.75) is 13.0 Å². The fraction of sp³-hybridized carbons (Fsp3) is 0.231. The molecule has 100 valence electrons. The van der Waals surface area contributed by atoms with E-state index < -0.39 is 5.97 Å². The lowest BCUT2D eigenvalue weighted by Crippen LogP contribution is -2.07. The number of anilines is 1. The van der Waals surface area contributed by atoms with Gasteiger partial charge in [-0.05, 0) is 24.6 Å². The number of carbonyl (C=O) groups is 1. The lowest BCUT2D eigenvalue weighted by atomic mass is 10.1. The van der Waals surface area contributed by atoms with Crippen molar-refractivity contribution >= 4 is 34.0 Å². The smallest absolute Gasteiger partial charge is 0.357 e. The first-order valence-corrected chi connectivity index (χ1v) is 6.91. The molecule has 6 heteroatoms. The highest BCUT2D eigenvalue weighted by Crippen LogP contribution is 2.23. The van der Waals surface area contributed by atoms with Gasteiger partial charge in [0.2, 0.25) is 0 Å². The molecular weight excluding hydrogens is 284 g/mol. The molecular formula is C13H13ClN2O2S. The quantitative estimate of drug-likeness (QED) is 0.873. The Labute approximate surface area is 120 Å². The molecule has 0 aliphatic heterocycles. The van der Waals surface area contributed by atoms with Gasteiger partial charge in [0.1, 0.15) is 0 Å². The van der Waals surface area contributed by atoms with Crippen molar-refractivity contribution in [1.82, 2.24) is 4.98 Å². The molecule has 1 unspecified atom stereocenters. The van der Waals surface area contributed by atoms with Gasteiger partial charge in [0, 0.05) is 10.4 Å². The van der Waals surface area contributed by atoms with Crippen molar-refractivity contribution in [3.8, 4) is 0 Å². The summed E-state index contributed by atoms with van der Waals surface area (Å²) in [6.07, 6.45) is 0. The second-order valence-electron chi connectivity index (χ2n) is 3.95. The molecule has 1 heterocycles. The van der Waals surface area contributed by atoms with Crippen LogP contribution in [0, 0.1) is 0 Å². The molecule has 0 saturated carbocycles. The number of aromatic nitrogens is 1. The second kappa shape index (κ2) is 6.04. The van der Waals surface area contributed by atoms with E-state index in [4.69, 9.17) is 11.6 Å². The molecule has 2 rings (SSSR count). The van der Waals surface area contributed by atoms with Crippen LogP contribution in [0.3, 0.4) is 0 Å².